The minimum absolute atomic E-state index is 0.0757. The van der Waals surface area contributed by atoms with Crippen LogP contribution in [-0.2, 0) is 4.79 Å². The standard InChI is InChI=1S/C14H19N3O2S/c1-10-14(18)16-5-6-17(10)7-8-19-12-4-2-3-11(9-12)13(15)20/h2-4,9-10H,5-8H2,1H3,(H2,15,20)(H,16,18). The van der Waals surface area contributed by atoms with Crippen molar-refractivity contribution in [3.8, 4) is 5.75 Å². The van der Waals surface area contributed by atoms with Gasteiger partial charge in [0.15, 0.2) is 0 Å². The Morgan fingerprint density at radius 1 is 1.60 bits per heavy atom. The van der Waals surface area contributed by atoms with E-state index < -0.39 is 0 Å². The fourth-order valence-corrected chi connectivity index (χ4v) is 2.28. The largest absolute Gasteiger partial charge is 0.492 e. The zero-order valence-electron chi connectivity index (χ0n) is 11.5. The number of benzene rings is 1. The van der Waals surface area contributed by atoms with Crippen molar-refractivity contribution in [2.75, 3.05) is 26.2 Å². The number of nitrogens with one attached hydrogen (secondary N) is 1. The fourth-order valence-electron chi connectivity index (χ4n) is 2.16. The van der Waals surface area contributed by atoms with Crippen LogP contribution in [0, 0.1) is 0 Å². The Labute approximate surface area is 124 Å². The number of carbonyl (C=O) groups excluding carboxylic acids is 1. The Morgan fingerprint density at radius 3 is 3.15 bits per heavy atom. The number of carbonyl (C=O) groups is 1. The van der Waals surface area contributed by atoms with Crippen LogP contribution in [0.5, 0.6) is 5.75 Å². The van der Waals surface area contributed by atoms with Crippen LogP contribution in [0.15, 0.2) is 24.3 Å². The van der Waals surface area contributed by atoms with Crippen LogP contribution < -0.4 is 15.8 Å². The first-order valence-electron chi connectivity index (χ1n) is 6.62. The van der Waals surface area contributed by atoms with E-state index in [0.717, 1.165) is 17.9 Å². The summed E-state index contributed by atoms with van der Waals surface area (Å²) in [4.78, 5) is 14.0. The monoisotopic (exact) mass is 293 g/mol. The average Bonchev–Trinajstić information content (AvgIpc) is 2.44. The van der Waals surface area contributed by atoms with Gasteiger partial charge in [0.25, 0.3) is 0 Å². The van der Waals surface area contributed by atoms with Gasteiger partial charge in [-0.2, -0.15) is 0 Å². The number of ether oxygens (including phenoxy) is 1. The number of piperazine rings is 1. The van der Waals surface area contributed by atoms with Gasteiger partial charge in [0.1, 0.15) is 17.3 Å². The smallest absolute Gasteiger partial charge is 0.237 e. The van der Waals surface area contributed by atoms with Gasteiger partial charge in [0, 0.05) is 25.2 Å². The summed E-state index contributed by atoms with van der Waals surface area (Å²) in [6.45, 7) is 4.69. The molecule has 1 aliphatic rings. The third-order valence-electron chi connectivity index (χ3n) is 3.39. The van der Waals surface area contributed by atoms with E-state index in [-0.39, 0.29) is 11.9 Å². The minimum Gasteiger partial charge on any atom is -0.492 e. The minimum atomic E-state index is -0.102. The van der Waals surface area contributed by atoms with Crippen molar-refractivity contribution in [1.29, 1.82) is 0 Å². The topological polar surface area (TPSA) is 67.6 Å². The molecule has 0 spiro atoms. The van der Waals surface area contributed by atoms with Gasteiger partial charge < -0.3 is 15.8 Å². The zero-order chi connectivity index (χ0) is 14.5. The Kier molecular flexibility index (Phi) is 4.92. The maximum atomic E-state index is 11.5. The van der Waals surface area contributed by atoms with Crippen LogP contribution in [-0.4, -0.2) is 48.1 Å². The number of rotatable bonds is 5. The fraction of sp³-hybridized carbons (Fsp3) is 0.429. The van der Waals surface area contributed by atoms with E-state index in [9.17, 15) is 4.79 Å². The molecule has 0 bridgehead atoms. The molecule has 1 amide bonds. The highest BCUT2D eigenvalue weighted by Gasteiger charge is 2.24. The lowest BCUT2D eigenvalue weighted by Gasteiger charge is -2.32. The molecule has 1 atom stereocenters. The predicted octanol–water partition coefficient (Wildman–Crippen LogP) is 0.520. The molecule has 1 heterocycles. The summed E-state index contributed by atoms with van der Waals surface area (Å²) in [7, 11) is 0. The van der Waals surface area contributed by atoms with Crippen LogP contribution in [0.3, 0.4) is 0 Å². The zero-order valence-corrected chi connectivity index (χ0v) is 12.3. The van der Waals surface area contributed by atoms with E-state index in [1.54, 1.807) is 0 Å². The quantitative estimate of drug-likeness (QED) is 0.775. The van der Waals surface area contributed by atoms with Crippen LogP contribution >= 0.6 is 12.2 Å². The van der Waals surface area contributed by atoms with Gasteiger partial charge in [0.2, 0.25) is 5.91 Å². The maximum absolute atomic E-state index is 11.5. The van der Waals surface area contributed by atoms with Gasteiger partial charge >= 0.3 is 0 Å². The molecule has 1 aromatic carbocycles. The van der Waals surface area contributed by atoms with Gasteiger partial charge in [0.05, 0.1) is 6.04 Å². The van der Waals surface area contributed by atoms with Crippen LogP contribution in [0.1, 0.15) is 12.5 Å². The van der Waals surface area contributed by atoms with Crippen molar-refractivity contribution in [2.45, 2.75) is 13.0 Å². The summed E-state index contributed by atoms with van der Waals surface area (Å²) in [5.41, 5.74) is 6.38. The van der Waals surface area contributed by atoms with Gasteiger partial charge in [-0.3, -0.25) is 9.69 Å². The Bertz CT molecular complexity index is 507. The van der Waals surface area contributed by atoms with E-state index in [2.05, 4.69) is 10.2 Å². The van der Waals surface area contributed by atoms with E-state index in [1.165, 1.54) is 0 Å². The Balaban J connectivity index is 1.85. The molecule has 0 radical (unpaired) electrons. The summed E-state index contributed by atoms with van der Waals surface area (Å²) in [6.07, 6.45) is 0. The van der Waals surface area contributed by atoms with Crippen LogP contribution in [0.4, 0.5) is 0 Å². The average molecular weight is 293 g/mol. The Morgan fingerprint density at radius 2 is 2.40 bits per heavy atom. The lowest BCUT2D eigenvalue weighted by Crippen LogP contribution is -2.54. The molecular weight excluding hydrogens is 274 g/mol. The molecule has 108 valence electrons. The first-order valence-corrected chi connectivity index (χ1v) is 7.03. The second kappa shape index (κ2) is 6.67. The molecule has 1 aliphatic heterocycles. The van der Waals surface area contributed by atoms with Gasteiger partial charge in [-0.05, 0) is 19.1 Å². The van der Waals surface area contributed by atoms with E-state index in [0.29, 0.717) is 24.7 Å². The molecule has 5 nitrogen and oxygen atoms in total. The molecule has 1 fully saturated rings. The predicted molar refractivity (Wildman–Crippen MR) is 81.9 cm³/mol. The summed E-state index contributed by atoms with van der Waals surface area (Å²) < 4.78 is 5.69. The number of hydrogen-bond donors (Lipinski definition) is 2. The molecule has 1 saturated heterocycles. The van der Waals surface area contributed by atoms with Crippen LogP contribution in [0.25, 0.3) is 0 Å². The van der Waals surface area contributed by atoms with Crippen LogP contribution in [0.2, 0.25) is 0 Å². The molecule has 0 saturated carbocycles. The first-order chi connectivity index (χ1) is 9.58. The maximum Gasteiger partial charge on any atom is 0.237 e. The third-order valence-corrected chi connectivity index (χ3v) is 3.63. The van der Waals surface area contributed by atoms with Gasteiger partial charge in [-0.15, -0.1) is 0 Å². The number of nitrogens with two attached hydrogens (primary N) is 1. The molecule has 20 heavy (non-hydrogen) atoms. The molecule has 1 aromatic rings. The third kappa shape index (κ3) is 3.68. The van der Waals surface area contributed by atoms with Crippen molar-refractivity contribution in [3.63, 3.8) is 0 Å². The molecule has 6 heteroatoms. The molecule has 0 aliphatic carbocycles. The summed E-state index contributed by atoms with van der Waals surface area (Å²) in [6, 6.07) is 7.31. The summed E-state index contributed by atoms with van der Waals surface area (Å²) in [5, 5.41) is 2.84. The number of thiocarbonyl (C=S) groups is 1. The van der Waals surface area contributed by atoms with Crippen molar-refractivity contribution in [3.05, 3.63) is 29.8 Å². The normalized spacial score (nSPS) is 19.4. The highest BCUT2D eigenvalue weighted by Crippen LogP contribution is 2.13. The highest BCUT2D eigenvalue weighted by atomic mass is 32.1. The second-order valence-electron chi connectivity index (χ2n) is 4.74. The highest BCUT2D eigenvalue weighted by molar-refractivity contribution is 7.80. The molecule has 2 rings (SSSR count). The Hall–Kier alpha value is -1.66. The second-order valence-corrected chi connectivity index (χ2v) is 5.18. The first kappa shape index (κ1) is 14.7. The van der Waals surface area contributed by atoms with Crippen molar-refractivity contribution in [2.24, 2.45) is 5.73 Å². The summed E-state index contributed by atoms with van der Waals surface area (Å²) in [5.74, 6) is 0.816. The van der Waals surface area contributed by atoms with E-state index >= 15 is 0 Å². The lowest BCUT2D eigenvalue weighted by atomic mass is 10.2. The molecule has 3 N–H and O–H groups in total. The molecule has 0 aromatic heterocycles. The number of amides is 1. The van der Waals surface area contributed by atoms with Gasteiger partial charge in [-0.1, -0.05) is 24.4 Å². The van der Waals surface area contributed by atoms with E-state index in [4.69, 9.17) is 22.7 Å². The van der Waals surface area contributed by atoms with Crippen molar-refractivity contribution >= 4 is 23.1 Å². The van der Waals surface area contributed by atoms with E-state index in [1.807, 2.05) is 31.2 Å². The van der Waals surface area contributed by atoms with Gasteiger partial charge in [-0.25, -0.2) is 0 Å². The summed E-state index contributed by atoms with van der Waals surface area (Å²) >= 11 is 4.93. The number of nitrogens with zero attached hydrogens (tertiary/aromatic N) is 1. The van der Waals surface area contributed by atoms with Crippen molar-refractivity contribution in [1.82, 2.24) is 10.2 Å². The van der Waals surface area contributed by atoms with Crippen molar-refractivity contribution < 1.29 is 9.53 Å². The lowest BCUT2D eigenvalue weighted by molar-refractivity contribution is -0.128. The number of hydrogen-bond acceptors (Lipinski definition) is 4. The molecular formula is C14H19N3O2S. The molecule has 1 unspecified atom stereocenters. The SMILES string of the molecule is CC1C(=O)NCCN1CCOc1cccc(C(N)=S)c1.